The van der Waals surface area contributed by atoms with E-state index in [4.69, 9.17) is 14.2 Å². The first-order valence-corrected chi connectivity index (χ1v) is 28.8. The van der Waals surface area contributed by atoms with E-state index in [1.807, 2.05) is 0 Å². The van der Waals surface area contributed by atoms with Crippen molar-refractivity contribution in [2.24, 2.45) is 0 Å². The molecule has 0 spiro atoms. The normalized spacial score (nSPS) is 12.5. The summed E-state index contributed by atoms with van der Waals surface area (Å²) in [5, 5.41) is 0. The zero-order chi connectivity index (χ0) is 48.6. The molecule has 0 rings (SSSR count). The monoisotopic (exact) mass is 937 g/mol. The van der Waals surface area contributed by atoms with Gasteiger partial charge in [0.15, 0.2) is 6.10 Å². The molecule has 0 amide bonds. The van der Waals surface area contributed by atoms with Gasteiger partial charge < -0.3 is 14.2 Å². The fourth-order valence-corrected chi connectivity index (χ4v) is 8.07. The number of rotatable bonds is 52. The summed E-state index contributed by atoms with van der Waals surface area (Å²) in [6, 6.07) is 0. The molecule has 6 heteroatoms. The summed E-state index contributed by atoms with van der Waals surface area (Å²) >= 11 is 0. The molecule has 0 aliphatic heterocycles. The molecule has 0 aromatic heterocycles. The van der Waals surface area contributed by atoms with Crippen LogP contribution in [0.1, 0.15) is 290 Å². The minimum absolute atomic E-state index is 0.0834. The third-order valence-electron chi connectivity index (χ3n) is 12.5. The Morgan fingerprint density at radius 1 is 0.299 bits per heavy atom. The molecule has 388 valence electrons. The van der Waals surface area contributed by atoms with E-state index in [9.17, 15) is 14.4 Å². The molecule has 1 unspecified atom stereocenters. The lowest BCUT2D eigenvalue weighted by molar-refractivity contribution is -0.167. The van der Waals surface area contributed by atoms with E-state index in [-0.39, 0.29) is 31.1 Å². The highest BCUT2D eigenvalue weighted by Gasteiger charge is 2.19. The maximum absolute atomic E-state index is 12.8. The van der Waals surface area contributed by atoms with Gasteiger partial charge in [-0.25, -0.2) is 0 Å². The van der Waals surface area contributed by atoms with Gasteiger partial charge in [0.2, 0.25) is 0 Å². The zero-order valence-electron chi connectivity index (χ0n) is 44.4. The number of hydrogen-bond acceptors (Lipinski definition) is 6. The first-order valence-electron chi connectivity index (χ1n) is 28.8. The Kier molecular flexibility index (Phi) is 53.3. The Balaban J connectivity index is 4.39. The maximum Gasteiger partial charge on any atom is 0.306 e. The SMILES string of the molecule is CCCC/C=C\C/C=C\CCCCCCCC(=O)OCC(COC(=O)CCCCCCCCCCC/C=C\C/C=C\CCCCC)OC(=O)CCCCCCC/C=C\CCCCCCCCC. The number of esters is 3. The van der Waals surface area contributed by atoms with Gasteiger partial charge in [-0.15, -0.1) is 0 Å². The van der Waals surface area contributed by atoms with Crippen LogP contribution in [-0.4, -0.2) is 37.2 Å². The third kappa shape index (κ3) is 53.9. The van der Waals surface area contributed by atoms with Crippen LogP contribution in [0.25, 0.3) is 0 Å². The summed E-state index contributed by atoms with van der Waals surface area (Å²) in [5.41, 5.74) is 0. The van der Waals surface area contributed by atoms with Gasteiger partial charge in [0.05, 0.1) is 0 Å². The lowest BCUT2D eigenvalue weighted by Gasteiger charge is -2.18. The quantitative estimate of drug-likeness (QED) is 0.0262. The van der Waals surface area contributed by atoms with Crippen LogP contribution in [0.2, 0.25) is 0 Å². The van der Waals surface area contributed by atoms with Crippen LogP contribution >= 0.6 is 0 Å². The molecule has 0 N–H and O–H groups in total. The third-order valence-corrected chi connectivity index (χ3v) is 12.5. The molecule has 1 atom stereocenters. The van der Waals surface area contributed by atoms with Gasteiger partial charge in [-0.2, -0.15) is 0 Å². The first-order chi connectivity index (χ1) is 33.0. The predicted octanol–water partition coefficient (Wildman–Crippen LogP) is 19.2. The second-order valence-electron chi connectivity index (χ2n) is 19.2. The van der Waals surface area contributed by atoms with E-state index in [1.54, 1.807) is 0 Å². The second-order valence-corrected chi connectivity index (χ2v) is 19.2. The van der Waals surface area contributed by atoms with Gasteiger partial charge in [-0.05, 0) is 103 Å². The van der Waals surface area contributed by atoms with Crippen molar-refractivity contribution in [3.8, 4) is 0 Å². The van der Waals surface area contributed by atoms with Crippen molar-refractivity contribution in [1.29, 1.82) is 0 Å². The fraction of sp³-hybridized carbons (Fsp3) is 0.787. The molecule has 67 heavy (non-hydrogen) atoms. The van der Waals surface area contributed by atoms with Crippen LogP contribution in [0.15, 0.2) is 60.8 Å². The molecule has 0 saturated carbocycles. The standard InChI is InChI=1S/C61H108O6/c1-4-7-10-13-16-19-22-25-28-30-31-32-34-36-39-42-45-48-51-54-60(63)66-57-58(56-65-59(62)53-50-47-44-41-38-35-27-24-21-18-15-12-9-6-3)67-61(64)55-52-49-46-43-40-37-33-29-26-23-20-17-14-11-8-5-2/h15-16,18-19,24-25,27-29,33,58H,4-14,17,20-23,26,30-32,34-57H2,1-3H3/b18-15-,19-16-,27-24-,28-25-,33-29-. The highest BCUT2D eigenvalue weighted by atomic mass is 16.6. The van der Waals surface area contributed by atoms with E-state index in [2.05, 4.69) is 81.5 Å². The number of allylic oxidation sites excluding steroid dienone is 10. The number of hydrogen-bond donors (Lipinski definition) is 0. The maximum atomic E-state index is 12.8. The van der Waals surface area contributed by atoms with Gasteiger partial charge in [-0.3, -0.25) is 14.4 Å². The predicted molar refractivity (Wildman–Crippen MR) is 288 cm³/mol. The Labute approximate surface area is 415 Å². The smallest absolute Gasteiger partial charge is 0.306 e. The summed E-state index contributed by atoms with van der Waals surface area (Å²) in [6.45, 7) is 6.57. The van der Waals surface area contributed by atoms with Crippen LogP contribution in [0.4, 0.5) is 0 Å². The summed E-state index contributed by atoms with van der Waals surface area (Å²) in [6.07, 6.45) is 69.2. The highest BCUT2D eigenvalue weighted by Crippen LogP contribution is 2.15. The Morgan fingerprint density at radius 3 is 0.910 bits per heavy atom. The molecule has 0 aliphatic carbocycles. The summed E-state index contributed by atoms with van der Waals surface area (Å²) in [4.78, 5) is 38.1. The molecule has 0 saturated heterocycles. The van der Waals surface area contributed by atoms with E-state index in [0.717, 1.165) is 96.3 Å². The molecule has 0 aromatic rings. The van der Waals surface area contributed by atoms with Crippen LogP contribution < -0.4 is 0 Å². The van der Waals surface area contributed by atoms with Crippen molar-refractivity contribution in [3.63, 3.8) is 0 Å². The average molecular weight is 938 g/mol. The molecule has 0 fully saturated rings. The van der Waals surface area contributed by atoms with E-state index in [1.165, 1.54) is 154 Å². The molecule has 0 bridgehead atoms. The van der Waals surface area contributed by atoms with Crippen molar-refractivity contribution in [2.45, 2.75) is 297 Å². The number of unbranched alkanes of at least 4 members (excludes halogenated alkanes) is 31. The molecular formula is C61H108O6. The summed E-state index contributed by atoms with van der Waals surface area (Å²) in [5.74, 6) is -0.900. The van der Waals surface area contributed by atoms with Crippen molar-refractivity contribution < 1.29 is 28.6 Å². The van der Waals surface area contributed by atoms with E-state index in [0.29, 0.717) is 19.3 Å². The van der Waals surface area contributed by atoms with Gasteiger partial charge in [-0.1, -0.05) is 229 Å². The first kappa shape index (κ1) is 64.1. The summed E-state index contributed by atoms with van der Waals surface area (Å²) in [7, 11) is 0. The number of carbonyl (C=O) groups is 3. The minimum Gasteiger partial charge on any atom is -0.462 e. The van der Waals surface area contributed by atoms with Crippen molar-refractivity contribution >= 4 is 17.9 Å². The minimum atomic E-state index is -0.786. The molecule has 6 nitrogen and oxygen atoms in total. The van der Waals surface area contributed by atoms with Crippen LogP contribution in [0.3, 0.4) is 0 Å². The van der Waals surface area contributed by atoms with Crippen LogP contribution in [0, 0.1) is 0 Å². The lowest BCUT2D eigenvalue weighted by Crippen LogP contribution is -2.30. The summed E-state index contributed by atoms with van der Waals surface area (Å²) < 4.78 is 16.9. The van der Waals surface area contributed by atoms with Gasteiger partial charge in [0.25, 0.3) is 0 Å². The Morgan fingerprint density at radius 2 is 0.552 bits per heavy atom. The molecular weight excluding hydrogens is 829 g/mol. The number of carbonyl (C=O) groups excluding carboxylic acids is 3. The average Bonchev–Trinajstić information content (AvgIpc) is 3.33. The second kappa shape index (κ2) is 55.7. The van der Waals surface area contributed by atoms with E-state index >= 15 is 0 Å². The van der Waals surface area contributed by atoms with Gasteiger partial charge >= 0.3 is 17.9 Å². The fourth-order valence-electron chi connectivity index (χ4n) is 8.07. The van der Waals surface area contributed by atoms with Gasteiger partial charge in [0, 0.05) is 19.3 Å². The van der Waals surface area contributed by atoms with Gasteiger partial charge in [0.1, 0.15) is 13.2 Å². The molecule has 0 aliphatic rings. The molecule has 0 radical (unpaired) electrons. The molecule has 0 heterocycles. The van der Waals surface area contributed by atoms with Crippen molar-refractivity contribution in [2.75, 3.05) is 13.2 Å². The van der Waals surface area contributed by atoms with Crippen molar-refractivity contribution in [1.82, 2.24) is 0 Å². The largest absolute Gasteiger partial charge is 0.462 e. The highest BCUT2D eigenvalue weighted by molar-refractivity contribution is 5.71. The molecule has 0 aromatic carbocycles. The zero-order valence-corrected chi connectivity index (χ0v) is 44.4. The lowest BCUT2D eigenvalue weighted by atomic mass is 10.1. The van der Waals surface area contributed by atoms with Crippen LogP contribution in [0.5, 0.6) is 0 Å². The topological polar surface area (TPSA) is 78.9 Å². The number of ether oxygens (including phenoxy) is 3. The Hall–Kier alpha value is -2.89. The van der Waals surface area contributed by atoms with Crippen molar-refractivity contribution in [3.05, 3.63) is 60.8 Å². The van der Waals surface area contributed by atoms with E-state index < -0.39 is 6.10 Å². The Bertz CT molecular complexity index is 1210. The van der Waals surface area contributed by atoms with Crippen LogP contribution in [-0.2, 0) is 28.6 Å².